The van der Waals surface area contributed by atoms with Crippen LogP contribution in [0, 0.1) is 5.92 Å². The number of benzene rings is 2. The van der Waals surface area contributed by atoms with Crippen LogP contribution < -0.4 is 0 Å². The van der Waals surface area contributed by atoms with E-state index < -0.39 is 10.0 Å². The summed E-state index contributed by atoms with van der Waals surface area (Å²) in [5, 5.41) is 2.29. The first kappa shape index (κ1) is 23.2. The molecule has 0 spiro atoms. The van der Waals surface area contributed by atoms with Crippen molar-refractivity contribution in [2.24, 2.45) is 5.92 Å². The highest BCUT2D eigenvalue weighted by Crippen LogP contribution is 2.37. The van der Waals surface area contributed by atoms with Crippen molar-refractivity contribution in [3.8, 4) is 0 Å². The highest BCUT2D eigenvalue weighted by atomic mass is 32.2. The molecule has 2 saturated heterocycles. The molecule has 1 aromatic heterocycles. The molecule has 2 aromatic carbocycles. The number of rotatable bonds is 5. The number of sulfonamides is 1. The quantitative estimate of drug-likeness (QED) is 0.496. The molecule has 0 bridgehead atoms. The minimum Gasteiger partial charge on any atom is -0.333 e. The van der Waals surface area contributed by atoms with Gasteiger partial charge in [0.05, 0.1) is 16.3 Å². The Morgan fingerprint density at radius 3 is 2.44 bits per heavy atom. The minimum absolute atomic E-state index is 0.0224. The minimum atomic E-state index is -3.50. The average Bonchev–Trinajstić information content (AvgIpc) is 3.32. The summed E-state index contributed by atoms with van der Waals surface area (Å²) in [5.74, 6) is 0.0142. The summed E-state index contributed by atoms with van der Waals surface area (Å²) in [7, 11) is -3.50. The van der Waals surface area contributed by atoms with Crippen LogP contribution in [0.4, 0.5) is 0 Å². The van der Waals surface area contributed by atoms with Crippen LogP contribution in [0.25, 0.3) is 16.3 Å². The third kappa shape index (κ3) is 4.94. The number of para-hydroxylation sites is 1. The van der Waals surface area contributed by atoms with Gasteiger partial charge in [-0.2, -0.15) is 4.31 Å². The molecular weight excluding hydrogens is 466 g/mol. The molecule has 178 valence electrons. The van der Waals surface area contributed by atoms with Crippen LogP contribution in [0.1, 0.15) is 48.7 Å². The molecule has 0 saturated carbocycles. The molecule has 3 heterocycles. The number of hydrogen-bond donors (Lipinski definition) is 0. The second kappa shape index (κ2) is 9.98. The lowest BCUT2D eigenvalue weighted by atomic mass is 9.93. The molecule has 5 rings (SSSR count). The summed E-state index contributed by atoms with van der Waals surface area (Å²) < 4.78 is 28.2. The zero-order chi connectivity index (χ0) is 23.5. The van der Waals surface area contributed by atoms with Crippen LogP contribution >= 0.6 is 11.3 Å². The van der Waals surface area contributed by atoms with Gasteiger partial charge < -0.3 is 4.90 Å². The number of hydrogen-bond acceptors (Lipinski definition) is 5. The van der Waals surface area contributed by atoms with Gasteiger partial charge in [0.2, 0.25) is 15.9 Å². The summed E-state index contributed by atoms with van der Waals surface area (Å²) in [5.41, 5.74) is 1.84. The average molecular weight is 496 g/mol. The maximum absolute atomic E-state index is 13.5. The standard InChI is InChI=1S/C26H29N3O3S2/c30-26(29-16-7-6-11-23(29)25-27-22-10-4-5-12-24(22)33-25)21-13-17-28(18-14-21)34(31,32)19-15-20-8-2-1-3-9-20/h1-5,8-10,12,15,19,21,23H,6-7,11,13-14,16-18H2. The van der Waals surface area contributed by atoms with E-state index in [-0.39, 0.29) is 17.9 Å². The van der Waals surface area contributed by atoms with E-state index in [9.17, 15) is 13.2 Å². The topological polar surface area (TPSA) is 70.6 Å². The van der Waals surface area contributed by atoms with Crippen molar-refractivity contribution in [3.05, 3.63) is 70.6 Å². The molecule has 3 aromatic rings. The molecule has 8 heteroatoms. The number of carbonyl (C=O) groups is 1. The third-order valence-electron chi connectivity index (χ3n) is 6.78. The van der Waals surface area contributed by atoms with E-state index in [1.165, 1.54) is 9.71 Å². The van der Waals surface area contributed by atoms with Crippen LogP contribution in [0.15, 0.2) is 60.0 Å². The van der Waals surface area contributed by atoms with E-state index in [0.717, 1.165) is 46.6 Å². The third-order valence-corrected chi connectivity index (χ3v) is 9.48. The maximum atomic E-state index is 13.5. The summed E-state index contributed by atoms with van der Waals surface area (Å²) in [4.78, 5) is 20.4. The Hall–Kier alpha value is -2.55. The van der Waals surface area contributed by atoms with Gasteiger partial charge in [0.15, 0.2) is 0 Å². The molecule has 6 nitrogen and oxygen atoms in total. The zero-order valence-electron chi connectivity index (χ0n) is 19.0. The molecule has 0 N–H and O–H groups in total. The molecule has 0 aliphatic carbocycles. The molecule has 0 radical (unpaired) electrons. The van der Waals surface area contributed by atoms with E-state index in [2.05, 4.69) is 6.07 Å². The SMILES string of the molecule is O=C(C1CCN(S(=O)(=O)C=Cc2ccccc2)CC1)N1CCCCC1c1nc2ccccc2s1. The first-order valence-corrected chi connectivity index (χ1v) is 14.2. The molecule has 1 atom stereocenters. The second-order valence-electron chi connectivity index (χ2n) is 8.99. The Bertz CT molecular complexity index is 1250. The van der Waals surface area contributed by atoms with Crippen LogP contribution in [0.5, 0.6) is 0 Å². The predicted octanol–water partition coefficient (Wildman–Crippen LogP) is 5.06. The van der Waals surface area contributed by atoms with Gasteiger partial charge in [-0.25, -0.2) is 13.4 Å². The number of piperidine rings is 2. The van der Waals surface area contributed by atoms with Gasteiger partial charge in [-0.05, 0) is 55.9 Å². The second-order valence-corrected chi connectivity index (χ2v) is 11.9. The van der Waals surface area contributed by atoms with Gasteiger partial charge in [0.25, 0.3) is 0 Å². The largest absolute Gasteiger partial charge is 0.333 e. The first-order chi connectivity index (χ1) is 16.5. The molecule has 2 aliphatic heterocycles. The van der Waals surface area contributed by atoms with Gasteiger partial charge in [-0.1, -0.05) is 42.5 Å². The maximum Gasteiger partial charge on any atom is 0.236 e. The van der Waals surface area contributed by atoms with E-state index in [1.807, 2.05) is 53.4 Å². The molecule has 2 fully saturated rings. The Balaban J connectivity index is 1.25. The number of aromatic nitrogens is 1. The highest BCUT2D eigenvalue weighted by Gasteiger charge is 2.37. The van der Waals surface area contributed by atoms with Gasteiger partial charge in [0, 0.05) is 31.0 Å². The van der Waals surface area contributed by atoms with Crippen molar-refractivity contribution < 1.29 is 13.2 Å². The number of likely N-dealkylation sites (tertiary alicyclic amines) is 1. The van der Waals surface area contributed by atoms with Gasteiger partial charge in [-0.3, -0.25) is 4.79 Å². The fourth-order valence-corrected chi connectivity index (χ4v) is 7.23. The van der Waals surface area contributed by atoms with Gasteiger partial charge >= 0.3 is 0 Å². The van der Waals surface area contributed by atoms with Crippen molar-refractivity contribution >= 4 is 43.6 Å². The lowest BCUT2D eigenvalue weighted by molar-refractivity contribution is -0.140. The number of carbonyl (C=O) groups excluding carboxylic acids is 1. The Labute approximate surface area is 205 Å². The van der Waals surface area contributed by atoms with Crippen molar-refractivity contribution in [1.82, 2.24) is 14.2 Å². The number of thiazole rings is 1. The highest BCUT2D eigenvalue weighted by molar-refractivity contribution is 7.92. The fraction of sp³-hybridized carbons (Fsp3) is 0.385. The summed E-state index contributed by atoms with van der Waals surface area (Å²) in [6, 6.07) is 17.5. The van der Waals surface area contributed by atoms with E-state index in [0.29, 0.717) is 25.9 Å². The smallest absolute Gasteiger partial charge is 0.236 e. The first-order valence-electron chi connectivity index (χ1n) is 11.9. The summed E-state index contributed by atoms with van der Waals surface area (Å²) in [6.45, 7) is 1.49. The predicted molar refractivity (Wildman–Crippen MR) is 137 cm³/mol. The van der Waals surface area contributed by atoms with Gasteiger partial charge in [0.1, 0.15) is 5.01 Å². The Kier molecular flexibility index (Phi) is 6.81. The number of fused-ring (bicyclic) bond motifs is 1. The number of nitrogens with zero attached hydrogens (tertiary/aromatic N) is 3. The Morgan fingerprint density at radius 1 is 0.941 bits per heavy atom. The number of amides is 1. The molecule has 2 aliphatic rings. The molecule has 1 amide bonds. The molecular formula is C26H29N3O3S2. The molecule has 1 unspecified atom stereocenters. The summed E-state index contributed by atoms with van der Waals surface area (Å²) >= 11 is 1.68. The van der Waals surface area contributed by atoms with Gasteiger partial charge in [-0.15, -0.1) is 11.3 Å². The summed E-state index contributed by atoms with van der Waals surface area (Å²) in [6.07, 6.45) is 5.77. The van der Waals surface area contributed by atoms with Crippen LogP contribution in [-0.2, 0) is 14.8 Å². The molecule has 34 heavy (non-hydrogen) atoms. The van der Waals surface area contributed by atoms with E-state index >= 15 is 0 Å². The van der Waals surface area contributed by atoms with Crippen molar-refractivity contribution in [3.63, 3.8) is 0 Å². The Morgan fingerprint density at radius 2 is 1.68 bits per heavy atom. The lowest BCUT2D eigenvalue weighted by Gasteiger charge is -2.38. The van der Waals surface area contributed by atoms with Crippen LogP contribution in [0.3, 0.4) is 0 Å². The zero-order valence-corrected chi connectivity index (χ0v) is 20.7. The van der Waals surface area contributed by atoms with E-state index in [4.69, 9.17) is 4.98 Å². The fourth-order valence-electron chi connectivity index (χ4n) is 4.89. The monoisotopic (exact) mass is 495 g/mol. The van der Waals surface area contributed by atoms with Crippen LogP contribution in [0.2, 0.25) is 0 Å². The van der Waals surface area contributed by atoms with Crippen molar-refractivity contribution in [2.45, 2.75) is 38.1 Å². The normalized spacial score (nSPS) is 20.8. The van der Waals surface area contributed by atoms with Crippen LogP contribution in [-0.4, -0.2) is 48.1 Å². The lowest BCUT2D eigenvalue weighted by Crippen LogP contribution is -2.46. The van der Waals surface area contributed by atoms with E-state index in [1.54, 1.807) is 17.4 Å². The van der Waals surface area contributed by atoms with Crippen molar-refractivity contribution in [1.29, 1.82) is 0 Å². The van der Waals surface area contributed by atoms with Crippen molar-refractivity contribution in [2.75, 3.05) is 19.6 Å².